The second-order valence-corrected chi connectivity index (χ2v) is 6.85. The molecule has 0 aromatic heterocycles. The highest BCUT2D eigenvalue weighted by Gasteiger charge is 2.28. The number of sulfonamides is 1. The van der Waals surface area contributed by atoms with Crippen molar-refractivity contribution < 1.29 is 18.1 Å². The Morgan fingerprint density at radius 2 is 2.00 bits per heavy atom. The van der Waals surface area contributed by atoms with Crippen LogP contribution < -0.4 is 0 Å². The number of methoxy groups -OCH3 is 1. The fourth-order valence-electron chi connectivity index (χ4n) is 2.04. The first-order valence-corrected chi connectivity index (χ1v) is 8.31. The van der Waals surface area contributed by atoms with Crippen LogP contribution in [0.5, 0.6) is 0 Å². The number of ether oxygens (including phenoxy) is 1. The van der Waals surface area contributed by atoms with Gasteiger partial charge in [0.05, 0.1) is 22.5 Å². The average molecular weight is 341 g/mol. The molecule has 0 spiro atoms. The summed E-state index contributed by atoms with van der Waals surface area (Å²) < 4.78 is 31.7. The number of nitro groups is 1. The summed E-state index contributed by atoms with van der Waals surface area (Å²) in [5.41, 5.74) is 0.693. The summed E-state index contributed by atoms with van der Waals surface area (Å²) >= 11 is 0. The highest BCUT2D eigenvalue weighted by atomic mass is 32.2. The smallest absolute Gasteiger partial charge is 0.271 e. The molecule has 0 N–H and O–H groups in total. The molecule has 0 bridgehead atoms. The van der Waals surface area contributed by atoms with Crippen molar-refractivity contribution in [1.29, 1.82) is 5.26 Å². The van der Waals surface area contributed by atoms with Gasteiger partial charge in [-0.05, 0) is 25.0 Å². The number of nitriles is 1. The molecule has 0 unspecified atom stereocenters. The van der Waals surface area contributed by atoms with E-state index in [4.69, 9.17) is 10.00 Å². The zero-order chi connectivity index (χ0) is 17.6. The van der Waals surface area contributed by atoms with Gasteiger partial charge in [-0.2, -0.15) is 9.57 Å². The van der Waals surface area contributed by atoms with Crippen molar-refractivity contribution >= 4 is 15.7 Å². The molecule has 1 aromatic carbocycles. The molecule has 126 valence electrons. The van der Waals surface area contributed by atoms with Crippen LogP contribution in [0.1, 0.15) is 17.5 Å². The van der Waals surface area contributed by atoms with E-state index in [1.807, 2.05) is 6.07 Å². The van der Waals surface area contributed by atoms with E-state index in [1.54, 1.807) is 13.8 Å². The SMILES string of the molecule is COCCN(CCC#N)S(=O)(=O)c1cc([N+](=O)[O-])cc(C)c1C. The van der Waals surface area contributed by atoms with Crippen molar-refractivity contribution in [1.82, 2.24) is 4.31 Å². The molecule has 0 atom stereocenters. The van der Waals surface area contributed by atoms with Crippen LogP contribution in [-0.2, 0) is 14.8 Å². The number of nitro benzene ring substituents is 1. The van der Waals surface area contributed by atoms with Gasteiger partial charge in [0, 0.05) is 38.8 Å². The lowest BCUT2D eigenvalue weighted by Crippen LogP contribution is -2.35. The van der Waals surface area contributed by atoms with Gasteiger partial charge in [-0.3, -0.25) is 10.1 Å². The lowest BCUT2D eigenvalue weighted by molar-refractivity contribution is -0.385. The number of nitrogens with zero attached hydrogens (tertiary/aromatic N) is 3. The van der Waals surface area contributed by atoms with Crippen molar-refractivity contribution in [3.05, 3.63) is 33.4 Å². The van der Waals surface area contributed by atoms with Gasteiger partial charge >= 0.3 is 0 Å². The van der Waals surface area contributed by atoms with Gasteiger partial charge in [0.1, 0.15) is 0 Å². The van der Waals surface area contributed by atoms with Crippen LogP contribution in [0.15, 0.2) is 17.0 Å². The predicted molar refractivity (Wildman–Crippen MR) is 83.4 cm³/mol. The minimum absolute atomic E-state index is 0.00335. The monoisotopic (exact) mass is 341 g/mol. The zero-order valence-electron chi connectivity index (χ0n) is 13.3. The van der Waals surface area contributed by atoms with Crippen molar-refractivity contribution in [3.63, 3.8) is 0 Å². The van der Waals surface area contributed by atoms with E-state index >= 15 is 0 Å². The zero-order valence-corrected chi connectivity index (χ0v) is 14.1. The van der Waals surface area contributed by atoms with Gasteiger partial charge in [-0.1, -0.05) is 0 Å². The van der Waals surface area contributed by atoms with E-state index in [0.717, 1.165) is 10.4 Å². The Kier molecular flexibility index (Phi) is 6.62. The lowest BCUT2D eigenvalue weighted by atomic mass is 10.1. The summed E-state index contributed by atoms with van der Waals surface area (Å²) in [6.07, 6.45) is 0.0237. The third-order valence-electron chi connectivity index (χ3n) is 3.45. The molecule has 0 heterocycles. The number of non-ortho nitro benzene ring substituents is 1. The first-order valence-electron chi connectivity index (χ1n) is 6.87. The summed E-state index contributed by atoms with van der Waals surface area (Å²) in [6.45, 7) is 3.46. The summed E-state index contributed by atoms with van der Waals surface area (Å²) in [6, 6.07) is 4.29. The van der Waals surface area contributed by atoms with Crippen molar-refractivity contribution in [2.24, 2.45) is 0 Å². The fraction of sp³-hybridized carbons (Fsp3) is 0.500. The van der Waals surface area contributed by atoms with Crippen LogP contribution in [0.3, 0.4) is 0 Å². The van der Waals surface area contributed by atoms with Crippen LogP contribution in [0.25, 0.3) is 0 Å². The van der Waals surface area contributed by atoms with Crippen molar-refractivity contribution in [2.75, 3.05) is 26.8 Å². The molecule has 1 rings (SSSR count). The molecule has 0 amide bonds. The van der Waals surface area contributed by atoms with Crippen molar-refractivity contribution in [2.45, 2.75) is 25.2 Å². The number of hydrogen-bond acceptors (Lipinski definition) is 6. The molecule has 8 nitrogen and oxygen atoms in total. The third-order valence-corrected chi connectivity index (χ3v) is 5.48. The predicted octanol–water partition coefficient (Wildman–Crippen LogP) is 1.76. The van der Waals surface area contributed by atoms with Gasteiger partial charge in [0.25, 0.3) is 5.69 Å². The second kappa shape index (κ2) is 8.01. The molecule has 0 fully saturated rings. The summed E-state index contributed by atoms with van der Waals surface area (Å²) in [5.74, 6) is 0. The molecule has 23 heavy (non-hydrogen) atoms. The Balaban J connectivity index is 3.38. The van der Waals surface area contributed by atoms with Gasteiger partial charge in [0.15, 0.2) is 0 Å². The maximum atomic E-state index is 12.8. The molecule has 0 aliphatic heterocycles. The van der Waals surface area contributed by atoms with E-state index in [1.165, 1.54) is 13.2 Å². The number of rotatable bonds is 8. The minimum Gasteiger partial charge on any atom is -0.383 e. The number of hydrogen-bond donors (Lipinski definition) is 0. The summed E-state index contributed by atoms with van der Waals surface area (Å²) in [4.78, 5) is 10.3. The molecule has 0 aliphatic carbocycles. The number of aryl methyl sites for hydroxylation is 1. The Morgan fingerprint density at radius 1 is 1.35 bits per heavy atom. The Hall–Kier alpha value is -2.02. The second-order valence-electron chi connectivity index (χ2n) is 4.95. The van der Waals surface area contributed by atoms with Gasteiger partial charge < -0.3 is 4.74 Å². The first kappa shape index (κ1) is 19.0. The van der Waals surface area contributed by atoms with E-state index in [0.29, 0.717) is 11.1 Å². The molecule has 0 radical (unpaired) electrons. The summed E-state index contributed by atoms with van der Waals surface area (Å²) in [5, 5.41) is 19.7. The van der Waals surface area contributed by atoms with Crippen LogP contribution in [0.4, 0.5) is 5.69 Å². The molecule has 0 saturated carbocycles. The van der Waals surface area contributed by atoms with Gasteiger partial charge in [0.2, 0.25) is 10.0 Å². The maximum absolute atomic E-state index is 12.8. The summed E-state index contributed by atoms with van der Waals surface area (Å²) in [7, 11) is -2.51. The van der Waals surface area contributed by atoms with Gasteiger partial charge in [-0.15, -0.1) is 0 Å². The molecule has 9 heteroatoms. The Morgan fingerprint density at radius 3 is 2.52 bits per heavy atom. The maximum Gasteiger partial charge on any atom is 0.271 e. The minimum atomic E-state index is -3.96. The largest absolute Gasteiger partial charge is 0.383 e. The molecule has 0 aliphatic rings. The average Bonchev–Trinajstić information content (AvgIpc) is 2.49. The Labute approximate surface area is 135 Å². The molecular formula is C14H19N3O5S. The molecular weight excluding hydrogens is 322 g/mol. The standard InChI is InChI=1S/C14H19N3O5S/c1-11-9-13(17(18)19)10-14(12(11)2)23(20,21)16(6-4-5-15)7-8-22-3/h9-10H,4,6-8H2,1-3H3. The van der Waals surface area contributed by atoms with Crippen molar-refractivity contribution in [3.8, 4) is 6.07 Å². The Bertz CT molecular complexity index is 725. The quantitative estimate of drug-likeness (QED) is 0.526. The van der Waals surface area contributed by atoms with E-state index in [9.17, 15) is 18.5 Å². The highest BCUT2D eigenvalue weighted by molar-refractivity contribution is 7.89. The molecule has 0 saturated heterocycles. The van der Waals surface area contributed by atoms with E-state index < -0.39 is 14.9 Å². The third kappa shape index (κ3) is 4.48. The van der Waals surface area contributed by atoms with E-state index in [-0.39, 0.29) is 36.7 Å². The van der Waals surface area contributed by atoms with Crippen LogP contribution in [-0.4, -0.2) is 44.5 Å². The van der Waals surface area contributed by atoms with Crippen LogP contribution >= 0.6 is 0 Å². The number of benzene rings is 1. The topological polar surface area (TPSA) is 114 Å². The molecule has 1 aromatic rings. The lowest BCUT2D eigenvalue weighted by Gasteiger charge is -2.22. The van der Waals surface area contributed by atoms with Crippen LogP contribution in [0, 0.1) is 35.3 Å². The van der Waals surface area contributed by atoms with E-state index in [2.05, 4.69) is 0 Å². The highest BCUT2D eigenvalue weighted by Crippen LogP contribution is 2.27. The fourth-order valence-corrected chi connectivity index (χ4v) is 3.78. The van der Waals surface area contributed by atoms with Gasteiger partial charge in [-0.25, -0.2) is 8.42 Å². The first-order chi connectivity index (χ1) is 10.8. The van der Waals surface area contributed by atoms with Crippen LogP contribution in [0.2, 0.25) is 0 Å². The normalized spacial score (nSPS) is 11.4.